The van der Waals surface area contributed by atoms with Crippen molar-refractivity contribution in [1.29, 1.82) is 0 Å². The third kappa shape index (κ3) is 6.16. The van der Waals surface area contributed by atoms with Crippen LogP contribution in [0.1, 0.15) is 32.6 Å². The Morgan fingerprint density at radius 3 is 2.52 bits per heavy atom. The minimum Gasteiger partial charge on any atom is -0.385 e. The van der Waals surface area contributed by atoms with Crippen molar-refractivity contribution < 1.29 is 13.5 Å². The van der Waals surface area contributed by atoms with Crippen molar-refractivity contribution in [3.63, 3.8) is 0 Å². The van der Waals surface area contributed by atoms with Gasteiger partial charge in [-0.15, -0.1) is 24.0 Å². The van der Waals surface area contributed by atoms with Gasteiger partial charge in [-0.2, -0.15) is 0 Å². The van der Waals surface area contributed by atoms with Crippen LogP contribution in [0.2, 0.25) is 0 Å². The summed E-state index contributed by atoms with van der Waals surface area (Å²) in [6.07, 6.45) is 4.75. The second-order valence-electron chi connectivity index (χ2n) is 7.84. The Bertz CT molecular complexity index is 677. The molecule has 1 saturated heterocycles. The summed E-state index contributed by atoms with van der Waals surface area (Å²) in [4.78, 5) is 9.07. The van der Waals surface area contributed by atoms with E-state index in [-0.39, 0.29) is 35.2 Å². The van der Waals surface area contributed by atoms with Gasteiger partial charge in [-0.1, -0.05) is 6.42 Å². The Hall–Kier alpha value is -1.16. The van der Waals surface area contributed by atoms with Crippen LogP contribution in [-0.2, 0) is 4.74 Å². The lowest BCUT2D eigenvalue weighted by Gasteiger charge is -2.42. The molecule has 1 heterocycles. The quantitative estimate of drug-likeness (QED) is 0.336. The van der Waals surface area contributed by atoms with Crippen molar-refractivity contribution >= 4 is 35.6 Å². The number of halogens is 3. The van der Waals surface area contributed by atoms with Crippen LogP contribution in [0, 0.1) is 17.0 Å². The van der Waals surface area contributed by atoms with Gasteiger partial charge in [0.05, 0.1) is 5.69 Å². The Morgan fingerprint density at radius 1 is 1.21 bits per heavy atom. The topological polar surface area (TPSA) is 40.1 Å². The number of anilines is 1. The standard InChI is InChI=1S/C21H32F2N4O.HI/c1-3-24-20(25-16-21(7-4-8-21)9-14-28-2)27-12-10-26(11-13-27)19-15-17(22)5-6-18(19)23;/h5-6,15H,3-4,7-14,16H2,1-2H3,(H,24,25);1H. The molecule has 0 bridgehead atoms. The number of hydrogen-bond donors (Lipinski definition) is 1. The highest BCUT2D eigenvalue weighted by Crippen LogP contribution is 2.44. The first-order valence-corrected chi connectivity index (χ1v) is 10.3. The molecule has 1 aliphatic heterocycles. The van der Waals surface area contributed by atoms with Gasteiger partial charge in [-0.25, -0.2) is 8.78 Å². The lowest BCUT2D eigenvalue weighted by Crippen LogP contribution is -2.53. The Kier molecular flexibility index (Phi) is 9.39. The molecule has 5 nitrogen and oxygen atoms in total. The molecular formula is C21H33F2IN4O. The molecule has 0 unspecified atom stereocenters. The Balaban J connectivity index is 0.00000300. The van der Waals surface area contributed by atoms with Crippen LogP contribution in [0.3, 0.4) is 0 Å². The van der Waals surface area contributed by atoms with Gasteiger partial charge in [0.25, 0.3) is 0 Å². The molecular weight excluding hydrogens is 489 g/mol. The van der Waals surface area contributed by atoms with Crippen molar-refractivity contribution in [3.05, 3.63) is 29.8 Å². The maximum absolute atomic E-state index is 14.1. The van der Waals surface area contributed by atoms with Gasteiger partial charge in [0.2, 0.25) is 0 Å². The van der Waals surface area contributed by atoms with E-state index in [9.17, 15) is 8.78 Å². The van der Waals surface area contributed by atoms with Gasteiger partial charge in [0.1, 0.15) is 11.6 Å². The molecule has 2 aliphatic rings. The molecule has 1 saturated carbocycles. The molecule has 2 fully saturated rings. The monoisotopic (exact) mass is 522 g/mol. The second-order valence-corrected chi connectivity index (χ2v) is 7.84. The van der Waals surface area contributed by atoms with E-state index in [1.165, 1.54) is 31.4 Å². The summed E-state index contributed by atoms with van der Waals surface area (Å²) >= 11 is 0. The number of guanidine groups is 1. The molecule has 1 N–H and O–H groups in total. The molecule has 0 spiro atoms. The van der Waals surface area contributed by atoms with Gasteiger partial charge >= 0.3 is 0 Å². The zero-order valence-corrected chi connectivity index (χ0v) is 19.8. The van der Waals surface area contributed by atoms with Crippen molar-refractivity contribution in [2.45, 2.75) is 32.6 Å². The summed E-state index contributed by atoms with van der Waals surface area (Å²) in [5.74, 6) is 0.140. The first-order chi connectivity index (χ1) is 13.6. The van der Waals surface area contributed by atoms with Crippen LogP contribution in [0.25, 0.3) is 0 Å². The number of hydrogen-bond acceptors (Lipinski definition) is 3. The normalized spacial score (nSPS) is 18.8. The predicted octanol–water partition coefficient (Wildman–Crippen LogP) is 3.88. The first-order valence-electron chi connectivity index (χ1n) is 10.3. The van der Waals surface area contributed by atoms with Crippen LogP contribution in [0.15, 0.2) is 23.2 Å². The molecule has 0 amide bonds. The summed E-state index contributed by atoms with van der Waals surface area (Å²) in [5, 5.41) is 3.40. The average molecular weight is 522 g/mol. The molecule has 0 atom stereocenters. The van der Waals surface area contributed by atoms with Crippen LogP contribution < -0.4 is 10.2 Å². The molecule has 1 aromatic rings. The molecule has 1 aromatic carbocycles. The molecule has 29 heavy (non-hydrogen) atoms. The van der Waals surface area contributed by atoms with Crippen molar-refractivity contribution in [2.24, 2.45) is 10.4 Å². The lowest BCUT2D eigenvalue weighted by molar-refractivity contribution is 0.0776. The van der Waals surface area contributed by atoms with Crippen LogP contribution in [-0.4, -0.2) is 63.8 Å². The smallest absolute Gasteiger partial charge is 0.194 e. The van der Waals surface area contributed by atoms with E-state index in [4.69, 9.17) is 9.73 Å². The molecule has 0 aromatic heterocycles. The summed E-state index contributed by atoms with van der Waals surface area (Å²) < 4.78 is 32.8. The molecule has 164 valence electrons. The maximum atomic E-state index is 14.1. The van der Waals surface area contributed by atoms with Crippen LogP contribution in [0.4, 0.5) is 14.5 Å². The van der Waals surface area contributed by atoms with Crippen LogP contribution in [0.5, 0.6) is 0 Å². The van der Waals surface area contributed by atoms with E-state index < -0.39 is 5.82 Å². The van der Waals surface area contributed by atoms with Crippen molar-refractivity contribution in [3.8, 4) is 0 Å². The lowest BCUT2D eigenvalue weighted by atomic mass is 9.67. The summed E-state index contributed by atoms with van der Waals surface area (Å²) in [5.41, 5.74) is 0.623. The number of aliphatic imine (C=N–C) groups is 1. The highest BCUT2D eigenvalue weighted by molar-refractivity contribution is 14.0. The first kappa shape index (κ1) is 24.1. The van der Waals surface area contributed by atoms with Gasteiger partial charge in [-0.05, 0) is 43.7 Å². The minimum atomic E-state index is -0.407. The summed E-state index contributed by atoms with van der Waals surface area (Å²) in [6, 6.07) is 3.63. The average Bonchev–Trinajstić information content (AvgIpc) is 2.68. The molecule has 8 heteroatoms. The Labute approximate surface area is 189 Å². The van der Waals surface area contributed by atoms with E-state index in [0.29, 0.717) is 18.8 Å². The number of nitrogens with one attached hydrogen (secondary N) is 1. The van der Waals surface area contributed by atoms with E-state index >= 15 is 0 Å². The van der Waals surface area contributed by atoms with Gasteiger partial charge < -0.3 is 19.9 Å². The number of methoxy groups -OCH3 is 1. The number of rotatable bonds is 7. The van der Waals surface area contributed by atoms with Gasteiger partial charge in [0, 0.05) is 59.1 Å². The number of nitrogens with zero attached hydrogens (tertiary/aromatic N) is 3. The number of piperazine rings is 1. The zero-order chi connectivity index (χ0) is 20.0. The fraction of sp³-hybridized carbons (Fsp3) is 0.667. The van der Waals surface area contributed by atoms with Crippen molar-refractivity contribution in [1.82, 2.24) is 10.2 Å². The highest BCUT2D eigenvalue weighted by Gasteiger charge is 2.36. The van der Waals surface area contributed by atoms with Crippen LogP contribution >= 0.6 is 24.0 Å². The fourth-order valence-electron chi connectivity index (χ4n) is 4.04. The fourth-order valence-corrected chi connectivity index (χ4v) is 4.04. The van der Waals surface area contributed by atoms with Crippen molar-refractivity contribution in [2.75, 3.05) is 57.9 Å². The third-order valence-electron chi connectivity index (χ3n) is 5.98. The SMILES string of the molecule is CCNC(=NCC1(CCOC)CCC1)N1CCN(c2cc(F)ccc2F)CC1.I. The zero-order valence-electron chi connectivity index (χ0n) is 17.4. The largest absolute Gasteiger partial charge is 0.385 e. The van der Waals surface area contributed by atoms with Gasteiger partial charge in [0.15, 0.2) is 5.96 Å². The maximum Gasteiger partial charge on any atom is 0.194 e. The molecule has 1 aliphatic carbocycles. The highest BCUT2D eigenvalue weighted by atomic mass is 127. The summed E-state index contributed by atoms with van der Waals surface area (Å²) in [7, 11) is 1.75. The van der Waals surface area contributed by atoms with E-state index in [0.717, 1.165) is 51.2 Å². The van der Waals surface area contributed by atoms with Gasteiger partial charge in [-0.3, -0.25) is 4.99 Å². The minimum absolute atomic E-state index is 0. The van der Waals surface area contributed by atoms with E-state index in [1.807, 2.05) is 4.90 Å². The van der Waals surface area contributed by atoms with E-state index in [2.05, 4.69) is 17.1 Å². The number of benzene rings is 1. The summed E-state index contributed by atoms with van der Waals surface area (Å²) in [6.45, 7) is 7.21. The Morgan fingerprint density at radius 2 is 1.93 bits per heavy atom. The van der Waals surface area contributed by atoms with E-state index in [1.54, 1.807) is 7.11 Å². The molecule has 3 rings (SSSR count). The molecule has 0 radical (unpaired) electrons. The second kappa shape index (κ2) is 11.3. The third-order valence-corrected chi connectivity index (χ3v) is 5.98. The predicted molar refractivity (Wildman–Crippen MR) is 124 cm³/mol. The number of ether oxygens (including phenoxy) is 1.